The summed E-state index contributed by atoms with van der Waals surface area (Å²) < 4.78 is 5.13. The number of non-ortho nitro benzene ring substituents is 1. The van der Waals surface area contributed by atoms with Crippen LogP contribution in [-0.4, -0.2) is 33.7 Å². The van der Waals surface area contributed by atoms with Crippen LogP contribution in [0.3, 0.4) is 0 Å². The summed E-state index contributed by atoms with van der Waals surface area (Å²) in [5.41, 5.74) is 2.81. The number of aromatic nitrogens is 2. The van der Waals surface area contributed by atoms with Crippen LogP contribution in [0.4, 0.5) is 11.4 Å². The molecule has 3 aromatic rings. The summed E-state index contributed by atoms with van der Waals surface area (Å²) in [6.45, 7) is 1.87. The minimum Gasteiger partial charge on any atom is -0.494 e. The van der Waals surface area contributed by atoms with Gasteiger partial charge in [0.15, 0.2) is 5.16 Å². The van der Waals surface area contributed by atoms with Crippen molar-refractivity contribution < 1.29 is 14.5 Å². The molecule has 8 nitrogen and oxygen atoms in total. The molecule has 148 valence electrons. The van der Waals surface area contributed by atoms with Gasteiger partial charge in [-0.3, -0.25) is 14.9 Å². The van der Waals surface area contributed by atoms with Crippen LogP contribution in [0.5, 0.6) is 5.75 Å². The molecule has 0 saturated carbocycles. The van der Waals surface area contributed by atoms with Crippen LogP contribution in [0.1, 0.15) is 5.69 Å². The van der Waals surface area contributed by atoms with Gasteiger partial charge in [0.1, 0.15) is 5.75 Å². The second kappa shape index (κ2) is 9.16. The van der Waals surface area contributed by atoms with Crippen molar-refractivity contribution in [1.82, 2.24) is 9.97 Å². The normalized spacial score (nSPS) is 10.4. The van der Waals surface area contributed by atoms with E-state index in [4.69, 9.17) is 4.74 Å². The molecular formula is C20H18N4O4S. The molecule has 1 amide bonds. The summed E-state index contributed by atoms with van der Waals surface area (Å²) in [4.78, 5) is 31.6. The monoisotopic (exact) mass is 410 g/mol. The highest BCUT2D eigenvalue weighted by atomic mass is 32.2. The Morgan fingerprint density at radius 2 is 1.93 bits per heavy atom. The van der Waals surface area contributed by atoms with Gasteiger partial charge in [-0.25, -0.2) is 9.97 Å². The van der Waals surface area contributed by atoms with Gasteiger partial charge < -0.3 is 10.1 Å². The molecule has 0 atom stereocenters. The smallest absolute Gasteiger partial charge is 0.273 e. The van der Waals surface area contributed by atoms with Gasteiger partial charge in [-0.15, -0.1) is 0 Å². The highest BCUT2D eigenvalue weighted by Crippen LogP contribution is 2.29. The van der Waals surface area contributed by atoms with E-state index >= 15 is 0 Å². The average molecular weight is 410 g/mol. The molecule has 0 unspecified atom stereocenters. The Bertz CT molecular complexity index is 1040. The predicted molar refractivity (Wildman–Crippen MR) is 111 cm³/mol. The first-order valence-electron chi connectivity index (χ1n) is 8.62. The van der Waals surface area contributed by atoms with E-state index in [2.05, 4.69) is 15.3 Å². The standard InChI is InChI=1S/C20H18N4O4S/c1-13-10-17(14-6-4-3-5-7-14)23-20(21-13)29-12-19(25)22-16-9-8-15(24(26)27)11-18(16)28-2/h3-11H,12H2,1-2H3,(H,22,25). The van der Waals surface area contributed by atoms with Crippen molar-refractivity contribution in [1.29, 1.82) is 0 Å². The first-order chi connectivity index (χ1) is 14.0. The number of hydrogen-bond acceptors (Lipinski definition) is 7. The number of thioether (sulfide) groups is 1. The number of carbonyl (C=O) groups excluding carboxylic acids is 1. The van der Waals surface area contributed by atoms with Gasteiger partial charge in [0, 0.05) is 17.3 Å². The molecule has 29 heavy (non-hydrogen) atoms. The van der Waals surface area contributed by atoms with Crippen molar-refractivity contribution >= 4 is 29.0 Å². The summed E-state index contributed by atoms with van der Waals surface area (Å²) in [5.74, 6) is 0.00177. The molecule has 0 spiro atoms. The number of nitrogens with zero attached hydrogens (tertiary/aromatic N) is 3. The second-order valence-electron chi connectivity index (χ2n) is 6.02. The molecule has 9 heteroatoms. The Morgan fingerprint density at radius 1 is 1.17 bits per heavy atom. The number of benzene rings is 2. The molecule has 1 aromatic heterocycles. The number of nitrogens with one attached hydrogen (secondary N) is 1. The summed E-state index contributed by atoms with van der Waals surface area (Å²) in [6.07, 6.45) is 0. The van der Waals surface area contributed by atoms with E-state index in [0.717, 1.165) is 17.0 Å². The molecule has 0 aliphatic carbocycles. The minimum atomic E-state index is -0.524. The molecule has 0 fully saturated rings. The first kappa shape index (κ1) is 20.3. The number of nitro benzene ring substituents is 1. The number of aryl methyl sites for hydroxylation is 1. The molecule has 0 aliphatic heterocycles. The number of methoxy groups -OCH3 is 1. The highest BCUT2D eigenvalue weighted by molar-refractivity contribution is 7.99. The zero-order chi connectivity index (χ0) is 20.8. The number of hydrogen-bond donors (Lipinski definition) is 1. The molecule has 0 aliphatic rings. The van der Waals surface area contributed by atoms with Crippen LogP contribution < -0.4 is 10.1 Å². The lowest BCUT2D eigenvalue weighted by molar-refractivity contribution is -0.384. The number of ether oxygens (including phenoxy) is 1. The van der Waals surface area contributed by atoms with E-state index < -0.39 is 4.92 Å². The Kier molecular flexibility index (Phi) is 6.40. The Balaban J connectivity index is 1.68. The third-order valence-electron chi connectivity index (χ3n) is 3.91. The second-order valence-corrected chi connectivity index (χ2v) is 6.96. The maximum atomic E-state index is 12.3. The zero-order valence-electron chi connectivity index (χ0n) is 15.8. The molecule has 2 aromatic carbocycles. The maximum Gasteiger partial charge on any atom is 0.273 e. The highest BCUT2D eigenvalue weighted by Gasteiger charge is 2.14. The van der Waals surface area contributed by atoms with Crippen LogP contribution in [0.2, 0.25) is 0 Å². The lowest BCUT2D eigenvalue weighted by Crippen LogP contribution is -2.15. The largest absolute Gasteiger partial charge is 0.494 e. The lowest BCUT2D eigenvalue weighted by atomic mass is 10.1. The van der Waals surface area contributed by atoms with Crippen LogP contribution in [0.15, 0.2) is 59.8 Å². The van der Waals surface area contributed by atoms with E-state index in [1.165, 1.54) is 37.1 Å². The summed E-state index contributed by atoms with van der Waals surface area (Å²) >= 11 is 1.21. The quantitative estimate of drug-likeness (QED) is 0.270. The van der Waals surface area contributed by atoms with Gasteiger partial charge in [-0.2, -0.15) is 0 Å². The fourth-order valence-electron chi connectivity index (χ4n) is 2.58. The van der Waals surface area contributed by atoms with Crippen molar-refractivity contribution in [2.24, 2.45) is 0 Å². The number of anilines is 1. The third-order valence-corrected chi connectivity index (χ3v) is 4.75. The molecule has 3 rings (SSSR count). The number of carbonyl (C=O) groups is 1. The van der Waals surface area contributed by atoms with E-state index in [1.54, 1.807) is 0 Å². The molecule has 0 radical (unpaired) electrons. The molecule has 0 bridgehead atoms. The third kappa shape index (κ3) is 5.29. The molecular weight excluding hydrogens is 392 g/mol. The van der Waals surface area contributed by atoms with Gasteiger partial charge in [0.05, 0.1) is 35.2 Å². The topological polar surface area (TPSA) is 107 Å². The van der Waals surface area contributed by atoms with Crippen molar-refractivity contribution in [2.45, 2.75) is 12.1 Å². The predicted octanol–water partition coefficient (Wildman–Crippen LogP) is 4.10. The van der Waals surface area contributed by atoms with Gasteiger partial charge in [-0.05, 0) is 19.1 Å². The maximum absolute atomic E-state index is 12.3. The Labute approximate surface area is 171 Å². The Hall–Kier alpha value is -3.46. The van der Waals surface area contributed by atoms with E-state index in [-0.39, 0.29) is 23.1 Å². The summed E-state index contributed by atoms with van der Waals surface area (Å²) in [6, 6.07) is 15.6. The average Bonchev–Trinajstić information content (AvgIpc) is 2.72. The van der Waals surface area contributed by atoms with Gasteiger partial charge >= 0.3 is 0 Å². The fourth-order valence-corrected chi connectivity index (χ4v) is 3.28. The van der Waals surface area contributed by atoms with E-state index in [1.807, 2.05) is 43.3 Å². The Morgan fingerprint density at radius 3 is 2.62 bits per heavy atom. The van der Waals surface area contributed by atoms with Gasteiger partial charge in [0.25, 0.3) is 5.69 Å². The SMILES string of the molecule is COc1cc([N+](=O)[O-])ccc1NC(=O)CSc1nc(C)cc(-c2ccccc2)n1. The van der Waals surface area contributed by atoms with E-state index in [0.29, 0.717) is 10.8 Å². The molecule has 1 N–H and O–H groups in total. The van der Waals surface area contributed by atoms with Crippen molar-refractivity contribution in [3.05, 3.63) is 70.4 Å². The molecule has 1 heterocycles. The number of amides is 1. The summed E-state index contributed by atoms with van der Waals surface area (Å²) in [5, 5.41) is 14.1. The summed E-state index contributed by atoms with van der Waals surface area (Å²) in [7, 11) is 1.38. The van der Waals surface area contributed by atoms with E-state index in [9.17, 15) is 14.9 Å². The zero-order valence-corrected chi connectivity index (χ0v) is 16.6. The fraction of sp³-hybridized carbons (Fsp3) is 0.150. The molecule has 0 saturated heterocycles. The van der Waals surface area contributed by atoms with Crippen molar-refractivity contribution in [3.63, 3.8) is 0 Å². The van der Waals surface area contributed by atoms with Crippen molar-refractivity contribution in [3.8, 4) is 17.0 Å². The van der Waals surface area contributed by atoms with Crippen LogP contribution in [0, 0.1) is 17.0 Å². The van der Waals surface area contributed by atoms with Crippen LogP contribution in [-0.2, 0) is 4.79 Å². The van der Waals surface area contributed by atoms with Gasteiger partial charge in [0.2, 0.25) is 5.91 Å². The lowest BCUT2D eigenvalue weighted by Gasteiger charge is -2.10. The van der Waals surface area contributed by atoms with Crippen molar-refractivity contribution in [2.75, 3.05) is 18.2 Å². The van der Waals surface area contributed by atoms with Gasteiger partial charge in [-0.1, -0.05) is 42.1 Å². The number of nitro groups is 1. The van der Waals surface area contributed by atoms with Crippen LogP contribution >= 0.6 is 11.8 Å². The first-order valence-corrected chi connectivity index (χ1v) is 9.61. The van der Waals surface area contributed by atoms with Crippen LogP contribution in [0.25, 0.3) is 11.3 Å². The minimum absolute atomic E-state index is 0.0812. The number of rotatable bonds is 7.